The van der Waals surface area contributed by atoms with Crippen molar-refractivity contribution in [3.8, 4) is 22.5 Å². The van der Waals surface area contributed by atoms with Gasteiger partial charge >= 0.3 is 5.97 Å². The smallest absolute Gasteiger partial charge is 0.314 e. The van der Waals surface area contributed by atoms with Crippen LogP contribution in [0.25, 0.3) is 22.5 Å². The van der Waals surface area contributed by atoms with Crippen LogP contribution in [0, 0.1) is 6.92 Å². The van der Waals surface area contributed by atoms with Gasteiger partial charge in [0.15, 0.2) is 5.76 Å². The van der Waals surface area contributed by atoms with Crippen molar-refractivity contribution in [1.29, 1.82) is 0 Å². The predicted octanol–water partition coefficient (Wildman–Crippen LogP) is 6.35. The van der Waals surface area contributed by atoms with Gasteiger partial charge in [-0.3, -0.25) is 14.6 Å². The van der Waals surface area contributed by atoms with Crippen LogP contribution >= 0.6 is 11.6 Å². The molecule has 0 aliphatic heterocycles. The Labute approximate surface area is 224 Å². The molecule has 1 unspecified atom stereocenters. The maximum absolute atomic E-state index is 11.6. The van der Waals surface area contributed by atoms with Gasteiger partial charge in [-0.25, -0.2) is 0 Å². The van der Waals surface area contributed by atoms with Crippen LogP contribution in [0.2, 0.25) is 5.02 Å². The van der Waals surface area contributed by atoms with Gasteiger partial charge in [-0.05, 0) is 54.2 Å². The molecule has 1 saturated carbocycles. The Morgan fingerprint density at radius 2 is 1.71 bits per heavy atom. The van der Waals surface area contributed by atoms with Gasteiger partial charge in [-0.15, -0.1) is 0 Å². The van der Waals surface area contributed by atoms with Crippen molar-refractivity contribution in [1.82, 2.24) is 14.9 Å². The first kappa shape index (κ1) is 24.3. The third-order valence-corrected chi connectivity index (χ3v) is 7.60. The predicted molar refractivity (Wildman–Crippen MR) is 144 cm³/mol. The second kappa shape index (κ2) is 9.35. The van der Waals surface area contributed by atoms with E-state index in [9.17, 15) is 15.0 Å². The molecule has 2 aromatic heterocycles. The minimum absolute atomic E-state index is 0.519. The molecule has 1 fully saturated rings. The molecule has 1 aliphatic rings. The van der Waals surface area contributed by atoms with Crippen molar-refractivity contribution in [2.24, 2.45) is 0 Å². The number of aromatic nitrogens is 3. The SMILES string of the molecule is Cc1noc(-c2ccc(-c3ccc(C4(C(=O)O)CC4)cc3)cc2)c1C(O)c1cn(Cc2cccc(Cl)c2)[nH]1. The molecule has 3 N–H and O–H groups in total. The highest BCUT2D eigenvalue weighted by Gasteiger charge is 2.51. The van der Waals surface area contributed by atoms with E-state index in [0.29, 0.717) is 47.1 Å². The van der Waals surface area contributed by atoms with E-state index in [4.69, 9.17) is 16.1 Å². The average molecular weight is 528 g/mol. The molecule has 8 heteroatoms. The van der Waals surface area contributed by atoms with Crippen LogP contribution < -0.4 is 0 Å². The number of carboxylic acids is 1. The number of aliphatic carboxylic acids is 1. The largest absolute Gasteiger partial charge is 0.481 e. The molecule has 0 bridgehead atoms. The molecule has 1 aliphatic carbocycles. The summed E-state index contributed by atoms with van der Waals surface area (Å²) in [6.45, 7) is 2.43. The number of benzene rings is 3. The number of aliphatic hydroxyl groups excluding tert-OH is 1. The summed E-state index contributed by atoms with van der Waals surface area (Å²) >= 11 is 6.08. The zero-order valence-electron chi connectivity index (χ0n) is 20.7. The van der Waals surface area contributed by atoms with Gasteiger partial charge in [0.1, 0.15) is 6.10 Å². The van der Waals surface area contributed by atoms with E-state index >= 15 is 0 Å². The van der Waals surface area contributed by atoms with Gasteiger partial charge < -0.3 is 14.7 Å². The lowest BCUT2D eigenvalue weighted by Gasteiger charge is -2.20. The lowest BCUT2D eigenvalue weighted by Crippen LogP contribution is -2.19. The number of halogens is 1. The molecule has 0 spiro atoms. The van der Waals surface area contributed by atoms with E-state index < -0.39 is 17.5 Å². The fourth-order valence-electron chi connectivity index (χ4n) is 4.99. The third-order valence-electron chi connectivity index (χ3n) is 7.36. The van der Waals surface area contributed by atoms with E-state index in [1.165, 1.54) is 0 Å². The summed E-state index contributed by atoms with van der Waals surface area (Å²) in [7, 11) is 0. The van der Waals surface area contributed by atoms with Gasteiger partial charge in [0.2, 0.25) is 0 Å². The van der Waals surface area contributed by atoms with Crippen molar-refractivity contribution in [2.45, 2.75) is 37.8 Å². The minimum Gasteiger partial charge on any atom is -0.481 e. The second-order valence-corrected chi connectivity index (χ2v) is 10.3. The zero-order valence-corrected chi connectivity index (χ0v) is 21.4. The maximum atomic E-state index is 11.6. The van der Waals surface area contributed by atoms with Crippen LogP contribution in [-0.2, 0) is 16.8 Å². The van der Waals surface area contributed by atoms with E-state index in [1.807, 2.05) is 90.6 Å². The lowest BCUT2D eigenvalue weighted by atomic mass is 9.93. The number of H-pyrrole nitrogens is 1. The molecule has 0 radical (unpaired) electrons. The summed E-state index contributed by atoms with van der Waals surface area (Å²) in [6.07, 6.45) is 2.33. The van der Waals surface area contributed by atoms with E-state index in [1.54, 1.807) is 0 Å². The van der Waals surface area contributed by atoms with Crippen LogP contribution in [0.15, 0.2) is 83.5 Å². The second-order valence-electron chi connectivity index (χ2n) is 9.91. The molecule has 5 aromatic rings. The first-order valence-corrected chi connectivity index (χ1v) is 12.8. The highest BCUT2D eigenvalue weighted by molar-refractivity contribution is 6.30. The van der Waals surface area contributed by atoms with Crippen molar-refractivity contribution in [3.63, 3.8) is 0 Å². The molecule has 1 atom stereocenters. The summed E-state index contributed by atoms with van der Waals surface area (Å²) in [6, 6.07) is 23.2. The summed E-state index contributed by atoms with van der Waals surface area (Å²) in [5, 5.41) is 28.7. The Balaban J connectivity index is 1.19. The zero-order chi connectivity index (χ0) is 26.4. The Morgan fingerprint density at radius 1 is 1.08 bits per heavy atom. The number of carbonyl (C=O) groups is 1. The first-order chi connectivity index (χ1) is 18.3. The number of carboxylic acid groups (broad SMARTS) is 1. The molecule has 0 saturated heterocycles. The van der Waals surface area contributed by atoms with Crippen LogP contribution in [0.5, 0.6) is 0 Å². The van der Waals surface area contributed by atoms with Crippen molar-refractivity contribution >= 4 is 17.6 Å². The number of nitrogens with zero attached hydrogens (tertiary/aromatic N) is 2. The Kier molecular flexibility index (Phi) is 5.97. The van der Waals surface area contributed by atoms with Gasteiger partial charge in [0.05, 0.1) is 28.9 Å². The molecule has 0 amide bonds. The van der Waals surface area contributed by atoms with Gasteiger partial charge in [0.25, 0.3) is 0 Å². The standard InChI is InChI=1S/C30H26ClN3O4/c1-18-26(27(35)25-17-34(32-25)16-19-3-2-4-24(31)15-19)28(38-33-18)22-7-5-20(6-8-22)21-9-11-23(12-10-21)30(13-14-30)29(36)37/h2-12,15,17,27,32,35H,13-14,16H2,1H3,(H,36,37). The Bertz CT molecular complexity index is 1600. The molecule has 38 heavy (non-hydrogen) atoms. The van der Waals surface area contributed by atoms with Crippen molar-refractivity contribution in [3.05, 3.63) is 112 Å². The average Bonchev–Trinajstić information content (AvgIpc) is 3.62. The summed E-state index contributed by atoms with van der Waals surface area (Å²) < 4.78 is 7.52. The van der Waals surface area contributed by atoms with E-state index in [-0.39, 0.29) is 0 Å². The van der Waals surface area contributed by atoms with Gasteiger partial charge in [0, 0.05) is 16.8 Å². The molecule has 7 nitrogen and oxygen atoms in total. The van der Waals surface area contributed by atoms with Crippen LogP contribution in [-0.4, -0.2) is 31.1 Å². The van der Waals surface area contributed by atoms with E-state index in [2.05, 4.69) is 10.3 Å². The normalized spacial score (nSPS) is 14.9. The number of rotatable bonds is 8. The molecular formula is C30H26ClN3O4. The van der Waals surface area contributed by atoms with E-state index in [0.717, 1.165) is 27.8 Å². The Morgan fingerprint density at radius 3 is 2.32 bits per heavy atom. The summed E-state index contributed by atoms with van der Waals surface area (Å²) in [5.74, 6) is -0.235. The first-order valence-electron chi connectivity index (χ1n) is 12.4. The van der Waals surface area contributed by atoms with Crippen LogP contribution in [0.1, 0.15) is 47.0 Å². The number of nitrogens with one attached hydrogen (secondary N) is 1. The van der Waals surface area contributed by atoms with Crippen molar-refractivity contribution < 1.29 is 19.5 Å². The molecule has 3 aromatic carbocycles. The monoisotopic (exact) mass is 527 g/mol. The van der Waals surface area contributed by atoms with Crippen LogP contribution in [0.3, 0.4) is 0 Å². The van der Waals surface area contributed by atoms with Crippen LogP contribution in [0.4, 0.5) is 0 Å². The molecule has 192 valence electrons. The highest BCUT2D eigenvalue weighted by Crippen LogP contribution is 2.48. The molecular weight excluding hydrogens is 502 g/mol. The quantitative estimate of drug-likeness (QED) is 0.218. The maximum Gasteiger partial charge on any atom is 0.314 e. The number of hydrogen-bond donors (Lipinski definition) is 3. The molecule has 6 rings (SSSR count). The van der Waals surface area contributed by atoms with Gasteiger partial charge in [-0.1, -0.05) is 77.4 Å². The fraction of sp³-hybridized carbons (Fsp3) is 0.200. The molecule has 2 heterocycles. The lowest BCUT2D eigenvalue weighted by molar-refractivity contribution is -0.140. The number of hydrogen-bond acceptors (Lipinski definition) is 4. The van der Waals surface area contributed by atoms with Crippen molar-refractivity contribution in [2.75, 3.05) is 0 Å². The fourth-order valence-corrected chi connectivity index (χ4v) is 5.20. The summed E-state index contributed by atoms with van der Waals surface area (Å²) in [4.78, 5) is 11.6. The highest BCUT2D eigenvalue weighted by atomic mass is 35.5. The number of aliphatic hydroxyl groups is 1. The number of aryl methyl sites for hydroxylation is 1. The minimum atomic E-state index is -0.914. The third kappa shape index (κ3) is 4.34. The number of aromatic amines is 1. The Hall–Kier alpha value is -4.07. The van der Waals surface area contributed by atoms with Gasteiger partial charge in [-0.2, -0.15) is 0 Å². The summed E-state index contributed by atoms with van der Waals surface area (Å²) in [5.41, 5.74) is 5.90. The topological polar surface area (TPSA) is 104 Å².